The number of aliphatic hydroxyl groups is 1. The molecule has 1 heterocycles. The zero-order chi connectivity index (χ0) is 16.9. The van der Waals surface area contributed by atoms with Gasteiger partial charge in [0, 0.05) is 5.92 Å². The molecule has 3 unspecified atom stereocenters. The molecule has 24 heavy (non-hydrogen) atoms. The normalized spacial score (nSPS) is 27.9. The summed E-state index contributed by atoms with van der Waals surface area (Å²) in [5.74, 6) is 0.686. The number of hydrogen-bond acceptors (Lipinski definition) is 6. The smallest absolute Gasteiger partial charge is 0.231 e. The standard InChI is InChI=1S/C17H17NO5S/c18-17(9-19)15(11-6-7-13-14(8-11)23-10-22-13)16(17)24(20,21)12-4-2-1-3-5-12/h1-8,15-16,19H,9-10,18H2. The number of benzene rings is 2. The summed E-state index contributed by atoms with van der Waals surface area (Å²) in [5, 5.41) is 8.85. The Morgan fingerprint density at radius 1 is 1.12 bits per heavy atom. The summed E-state index contributed by atoms with van der Waals surface area (Å²) in [5.41, 5.74) is 5.75. The van der Waals surface area contributed by atoms with Gasteiger partial charge >= 0.3 is 0 Å². The molecule has 1 aliphatic heterocycles. The van der Waals surface area contributed by atoms with Gasteiger partial charge in [-0.1, -0.05) is 24.3 Å². The van der Waals surface area contributed by atoms with Gasteiger partial charge in [0.1, 0.15) is 0 Å². The van der Waals surface area contributed by atoms with E-state index >= 15 is 0 Å². The molecule has 2 aromatic carbocycles. The van der Waals surface area contributed by atoms with Crippen molar-refractivity contribution in [1.29, 1.82) is 0 Å². The van der Waals surface area contributed by atoms with Gasteiger partial charge < -0.3 is 20.3 Å². The largest absolute Gasteiger partial charge is 0.454 e. The second-order valence-electron chi connectivity index (χ2n) is 6.14. The van der Waals surface area contributed by atoms with E-state index in [4.69, 9.17) is 15.2 Å². The maximum atomic E-state index is 12.9. The molecule has 7 heteroatoms. The molecule has 0 saturated heterocycles. The Morgan fingerprint density at radius 3 is 2.54 bits per heavy atom. The molecule has 3 N–H and O–H groups in total. The maximum absolute atomic E-state index is 12.9. The van der Waals surface area contributed by atoms with Crippen LogP contribution in [0.2, 0.25) is 0 Å². The van der Waals surface area contributed by atoms with Crippen molar-refractivity contribution >= 4 is 9.84 Å². The van der Waals surface area contributed by atoms with Gasteiger partial charge in [-0.25, -0.2) is 8.42 Å². The summed E-state index contributed by atoms with van der Waals surface area (Å²) in [6, 6.07) is 13.4. The van der Waals surface area contributed by atoms with Crippen LogP contribution in [0.4, 0.5) is 0 Å². The molecule has 1 saturated carbocycles. The van der Waals surface area contributed by atoms with E-state index in [1.54, 1.807) is 48.5 Å². The van der Waals surface area contributed by atoms with Crippen molar-refractivity contribution in [3.63, 3.8) is 0 Å². The Bertz CT molecular complexity index is 883. The van der Waals surface area contributed by atoms with Gasteiger partial charge in [0.15, 0.2) is 21.3 Å². The lowest BCUT2D eigenvalue weighted by molar-refractivity contribution is 0.174. The molecule has 2 aliphatic rings. The van der Waals surface area contributed by atoms with Crippen LogP contribution in [0.25, 0.3) is 0 Å². The molecule has 2 aromatic rings. The summed E-state index contributed by atoms with van der Waals surface area (Å²) < 4.78 is 36.5. The molecule has 1 fully saturated rings. The third-order valence-corrected chi connectivity index (χ3v) is 7.05. The molecule has 4 rings (SSSR count). The molecule has 0 amide bonds. The highest BCUT2D eigenvalue weighted by Crippen LogP contribution is 2.56. The van der Waals surface area contributed by atoms with Crippen LogP contribution >= 0.6 is 0 Å². The molecule has 0 radical (unpaired) electrons. The monoisotopic (exact) mass is 347 g/mol. The number of fused-ring (bicyclic) bond motifs is 1. The third-order valence-electron chi connectivity index (χ3n) is 4.74. The Morgan fingerprint density at radius 2 is 1.83 bits per heavy atom. The van der Waals surface area contributed by atoms with Gasteiger partial charge in [-0.3, -0.25) is 0 Å². The van der Waals surface area contributed by atoms with E-state index < -0.39 is 33.2 Å². The summed E-state index contributed by atoms with van der Waals surface area (Å²) in [4.78, 5) is 0.210. The fourth-order valence-electron chi connectivity index (χ4n) is 3.43. The summed E-state index contributed by atoms with van der Waals surface area (Å²) in [6.45, 7) is -0.272. The minimum absolute atomic E-state index is 0.142. The Kier molecular flexibility index (Phi) is 3.35. The predicted octanol–water partition coefficient (Wildman–Crippen LogP) is 1.04. The van der Waals surface area contributed by atoms with E-state index in [9.17, 15) is 13.5 Å². The van der Waals surface area contributed by atoms with E-state index in [-0.39, 0.29) is 11.7 Å². The molecule has 6 nitrogen and oxygen atoms in total. The second-order valence-corrected chi connectivity index (χ2v) is 8.21. The fourth-order valence-corrected chi connectivity index (χ4v) is 5.75. The van der Waals surface area contributed by atoms with Crippen molar-refractivity contribution < 1.29 is 23.0 Å². The van der Waals surface area contributed by atoms with Crippen molar-refractivity contribution in [2.24, 2.45) is 5.73 Å². The van der Waals surface area contributed by atoms with Crippen LogP contribution in [0.1, 0.15) is 11.5 Å². The molecule has 126 valence electrons. The first-order chi connectivity index (χ1) is 11.5. The van der Waals surface area contributed by atoms with Crippen LogP contribution in [0.3, 0.4) is 0 Å². The Hall–Kier alpha value is -2.09. The Labute approximate surface area is 139 Å². The second kappa shape index (κ2) is 5.20. The molecule has 3 atom stereocenters. The van der Waals surface area contributed by atoms with Gasteiger partial charge in [-0.2, -0.15) is 0 Å². The highest BCUT2D eigenvalue weighted by Gasteiger charge is 2.69. The fraction of sp³-hybridized carbons (Fsp3) is 0.294. The first-order valence-corrected chi connectivity index (χ1v) is 9.11. The van der Waals surface area contributed by atoms with Crippen LogP contribution in [0.15, 0.2) is 53.4 Å². The van der Waals surface area contributed by atoms with Gasteiger partial charge in [-0.05, 0) is 29.8 Å². The maximum Gasteiger partial charge on any atom is 0.231 e. The zero-order valence-corrected chi connectivity index (χ0v) is 13.6. The molecule has 1 aliphatic carbocycles. The minimum atomic E-state index is -3.65. The summed E-state index contributed by atoms with van der Waals surface area (Å²) in [7, 11) is -3.65. The average Bonchev–Trinajstić information content (AvgIpc) is 3.00. The zero-order valence-electron chi connectivity index (χ0n) is 12.8. The SMILES string of the molecule is NC1(CO)C(c2ccc3c(c2)OCO3)C1S(=O)(=O)c1ccccc1. The highest BCUT2D eigenvalue weighted by atomic mass is 32.2. The predicted molar refractivity (Wildman–Crippen MR) is 86.7 cm³/mol. The lowest BCUT2D eigenvalue weighted by atomic mass is 10.1. The number of hydrogen-bond donors (Lipinski definition) is 2. The van der Waals surface area contributed by atoms with Gasteiger partial charge in [0.05, 0.1) is 22.3 Å². The van der Waals surface area contributed by atoms with Crippen LogP contribution < -0.4 is 15.2 Å². The minimum Gasteiger partial charge on any atom is -0.454 e. The lowest BCUT2D eigenvalue weighted by Gasteiger charge is -2.08. The average molecular weight is 347 g/mol. The van der Waals surface area contributed by atoms with E-state index in [0.717, 1.165) is 5.56 Å². The number of aliphatic hydroxyl groups excluding tert-OH is 1. The van der Waals surface area contributed by atoms with Crippen molar-refractivity contribution in [1.82, 2.24) is 0 Å². The molecule has 0 bridgehead atoms. The molecular weight excluding hydrogens is 330 g/mol. The van der Waals surface area contributed by atoms with Crippen molar-refractivity contribution in [2.45, 2.75) is 21.6 Å². The number of sulfone groups is 1. The summed E-state index contributed by atoms with van der Waals surface area (Å²) >= 11 is 0. The highest BCUT2D eigenvalue weighted by molar-refractivity contribution is 7.92. The van der Waals surface area contributed by atoms with E-state index in [1.807, 2.05) is 0 Å². The number of ether oxygens (including phenoxy) is 2. The van der Waals surface area contributed by atoms with Crippen molar-refractivity contribution in [2.75, 3.05) is 13.4 Å². The molecular formula is C17H17NO5S. The van der Waals surface area contributed by atoms with Crippen LogP contribution in [-0.4, -0.2) is 37.7 Å². The van der Waals surface area contributed by atoms with Crippen molar-refractivity contribution in [3.8, 4) is 11.5 Å². The van der Waals surface area contributed by atoms with E-state index in [1.165, 1.54) is 0 Å². The quantitative estimate of drug-likeness (QED) is 0.858. The Balaban J connectivity index is 1.74. The van der Waals surface area contributed by atoms with E-state index in [2.05, 4.69) is 0 Å². The molecule has 0 aromatic heterocycles. The first kappa shape index (κ1) is 15.4. The van der Waals surface area contributed by atoms with Crippen LogP contribution in [0.5, 0.6) is 11.5 Å². The lowest BCUT2D eigenvalue weighted by Crippen LogP contribution is -2.35. The van der Waals surface area contributed by atoms with Gasteiger partial charge in [0.2, 0.25) is 6.79 Å². The van der Waals surface area contributed by atoms with Crippen molar-refractivity contribution in [3.05, 3.63) is 54.1 Å². The van der Waals surface area contributed by atoms with Gasteiger partial charge in [-0.15, -0.1) is 0 Å². The van der Waals surface area contributed by atoms with Crippen LogP contribution in [0, 0.1) is 0 Å². The van der Waals surface area contributed by atoms with Gasteiger partial charge in [0.25, 0.3) is 0 Å². The van der Waals surface area contributed by atoms with E-state index in [0.29, 0.717) is 11.5 Å². The number of rotatable bonds is 4. The number of nitrogens with two attached hydrogens (primary N) is 1. The first-order valence-electron chi connectivity index (χ1n) is 7.57. The summed E-state index contributed by atoms with van der Waals surface area (Å²) in [6.07, 6.45) is 0. The van der Waals surface area contributed by atoms with Crippen LogP contribution in [-0.2, 0) is 9.84 Å². The molecule has 0 spiro atoms. The topological polar surface area (TPSA) is 98.8 Å². The third kappa shape index (κ3) is 2.12.